The lowest BCUT2D eigenvalue weighted by molar-refractivity contribution is 0.155. The molecule has 6 nitrogen and oxygen atoms in total. The SMILES string of the molecule is CC(C)n1cnc(S(=O)(=O)N2CCC(N)C(C)(C)C2)c1. The number of sulfonamides is 1. The lowest BCUT2D eigenvalue weighted by Crippen LogP contribution is -2.53. The molecule has 0 bridgehead atoms. The van der Waals surface area contributed by atoms with Crippen molar-refractivity contribution in [1.29, 1.82) is 0 Å². The number of imidazole rings is 1. The van der Waals surface area contributed by atoms with Gasteiger partial charge in [0.15, 0.2) is 5.03 Å². The van der Waals surface area contributed by atoms with Gasteiger partial charge in [-0.2, -0.15) is 4.31 Å². The molecule has 1 atom stereocenters. The van der Waals surface area contributed by atoms with Gasteiger partial charge in [-0.05, 0) is 25.7 Å². The summed E-state index contributed by atoms with van der Waals surface area (Å²) in [4.78, 5) is 4.05. The summed E-state index contributed by atoms with van der Waals surface area (Å²) in [6.45, 7) is 8.88. The molecular formula is C13H24N4O2S. The quantitative estimate of drug-likeness (QED) is 0.910. The van der Waals surface area contributed by atoms with E-state index in [4.69, 9.17) is 5.73 Å². The van der Waals surface area contributed by atoms with Crippen molar-refractivity contribution in [3.05, 3.63) is 12.5 Å². The molecule has 0 aliphatic carbocycles. The monoisotopic (exact) mass is 300 g/mol. The number of aromatic nitrogens is 2. The second-order valence-electron chi connectivity index (χ2n) is 6.48. The average molecular weight is 300 g/mol. The highest BCUT2D eigenvalue weighted by molar-refractivity contribution is 7.89. The Hall–Kier alpha value is -0.920. The van der Waals surface area contributed by atoms with Gasteiger partial charge in [-0.1, -0.05) is 13.8 Å². The van der Waals surface area contributed by atoms with Gasteiger partial charge in [-0.3, -0.25) is 0 Å². The zero-order chi connectivity index (χ0) is 15.1. The Bertz CT molecular complexity index is 577. The summed E-state index contributed by atoms with van der Waals surface area (Å²) in [5.74, 6) is 0. The van der Waals surface area contributed by atoms with E-state index in [2.05, 4.69) is 4.98 Å². The van der Waals surface area contributed by atoms with Crippen LogP contribution in [0.1, 0.15) is 40.2 Å². The molecular weight excluding hydrogens is 276 g/mol. The largest absolute Gasteiger partial charge is 0.334 e. The van der Waals surface area contributed by atoms with E-state index in [0.717, 1.165) is 0 Å². The molecule has 20 heavy (non-hydrogen) atoms. The molecule has 2 heterocycles. The van der Waals surface area contributed by atoms with Crippen LogP contribution in [0.2, 0.25) is 0 Å². The van der Waals surface area contributed by atoms with Crippen LogP contribution in [0.25, 0.3) is 0 Å². The Kier molecular flexibility index (Phi) is 3.96. The van der Waals surface area contributed by atoms with Crippen LogP contribution in [0, 0.1) is 5.41 Å². The van der Waals surface area contributed by atoms with Crippen LogP contribution in [0.5, 0.6) is 0 Å². The molecule has 1 aliphatic heterocycles. The van der Waals surface area contributed by atoms with E-state index in [0.29, 0.717) is 19.5 Å². The van der Waals surface area contributed by atoms with Crippen LogP contribution in [-0.4, -0.2) is 41.4 Å². The van der Waals surface area contributed by atoms with Gasteiger partial charge in [0, 0.05) is 31.4 Å². The highest BCUT2D eigenvalue weighted by Gasteiger charge is 2.39. The van der Waals surface area contributed by atoms with Crippen molar-refractivity contribution in [2.45, 2.75) is 51.2 Å². The molecule has 1 unspecified atom stereocenters. The molecule has 114 valence electrons. The molecule has 1 aliphatic rings. The number of nitrogens with zero attached hydrogens (tertiary/aromatic N) is 3. The standard InChI is InChI=1S/C13H24N4O2S/c1-10(2)16-7-12(15-9-16)20(18,19)17-6-5-11(14)13(3,4)8-17/h7,9-11H,5-6,8,14H2,1-4H3. The molecule has 1 aromatic rings. The fraction of sp³-hybridized carbons (Fsp3) is 0.769. The normalized spacial score (nSPS) is 24.2. The van der Waals surface area contributed by atoms with E-state index in [9.17, 15) is 8.42 Å². The summed E-state index contributed by atoms with van der Waals surface area (Å²) >= 11 is 0. The minimum absolute atomic E-state index is 0.0298. The Labute approximate surface area is 121 Å². The number of nitrogens with two attached hydrogens (primary N) is 1. The van der Waals surface area contributed by atoms with Gasteiger partial charge in [0.1, 0.15) is 0 Å². The van der Waals surface area contributed by atoms with E-state index >= 15 is 0 Å². The van der Waals surface area contributed by atoms with Gasteiger partial charge in [-0.15, -0.1) is 0 Å². The molecule has 1 fully saturated rings. The minimum atomic E-state index is -3.52. The van der Waals surface area contributed by atoms with Gasteiger partial charge in [0.25, 0.3) is 10.0 Å². The summed E-state index contributed by atoms with van der Waals surface area (Å²) in [5.41, 5.74) is 5.84. The second kappa shape index (κ2) is 5.13. The minimum Gasteiger partial charge on any atom is -0.334 e. The molecule has 0 saturated carbocycles. The van der Waals surface area contributed by atoms with Crippen molar-refractivity contribution in [2.24, 2.45) is 11.1 Å². The number of rotatable bonds is 3. The van der Waals surface area contributed by atoms with Crippen molar-refractivity contribution in [3.8, 4) is 0 Å². The van der Waals surface area contributed by atoms with Crippen LogP contribution in [0.4, 0.5) is 0 Å². The molecule has 0 aromatic carbocycles. The lowest BCUT2D eigenvalue weighted by Gasteiger charge is -2.41. The molecule has 2 N–H and O–H groups in total. The van der Waals surface area contributed by atoms with Gasteiger partial charge in [0.05, 0.1) is 6.33 Å². The topological polar surface area (TPSA) is 81.2 Å². The first-order valence-corrected chi connectivity index (χ1v) is 8.38. The molecule has 0 amide bonds. The van der Waals surface area contributed by atoms with Crippen molar-refractivity contribution in [2.75, 3.05) is 13.1 Å². The Morgan fingerprint density at radius 3 is 2.60 bits per heavy atom. The maximum absolute atomic E-state index is 12.6. The fourth-order valence-electron chi connectivity index (χ4n) is 2.40. The van der Waals surface area contributed by atoms with E-state index in [1.807, 2.05) is 27.7 Å². The molecule has 1 saturated heterocycles. The summed E-state index contributed by atoms with van der Waals surface area (Å²) in [7, 11) is -3.52. The van der Waals surface area contributed by atoms with Gasteiger partial charge in [-0.25, -0.2) is 13.4 Å². The van der Waals surface area contributed by atoms with E-state index in [1.165, 1.54) is 4.31 Å². The Balaban J connectivity index is 2.26. The Morgan fingerprint density at radius 1 is 1.45 bits per heavy atom. The number of hydrogen-bond acceptors (Lipinski definition) is 4. The van der Waals surface area contributed by atoms with Crippen LogP contribution in [0.15, 0.2) is 17.6 Å². The van der Waals surface area contributed by atoms with E-state index < -0.39 is 10.0 Å². The Morgan fingerprint density at radius 2 is 2.10 bits per heavy atom. The van der Waals surface area contributed by atoms with Crippen LogP contribution < -0.4 is 5.73 Å². The first kappa shape index (κ1) is 15.5. The summed E-state index contributed by atoms with van der Waals surface area (Å²) in [6.07, 6.45) is 3.84. The maximum atomic E-state index is 12.6. The summed E-state index contributed by atoms with van der Waals surface area (Å²) in [6, 6.07) is 0.222. The van der Waals surface area contributed by atoms with Crippen molar-refractivity contribution in [3.63, 3.8) is 0 Å². The first-order valence-electron chi connectivity index (χ1n) is 6.94. The predicted octanol–water partition coefficient (Wildman–Crippen LogP) is 1.21. The zero-order valence-electron chi connectivity index (χ0n) is 12.6. The molecule has 1 aromatic heterocycles. The lowest BCUT2D eigenvalue weighted by atomic mass is 9.81. The third-order valence-corrected chi connectivity index (χ3v) is 5.79. The third kappa shape index (κ3) is 2.75. The predicted molar refractivity (Wildman–Crippen MR) is 77.7 cm³/mol. The zero-order valence-corrected chi connectivity index (χ0v) is 13.4. The second-order valence-corrected chi connectivity index (χ2v) is 8.36. The van der Waals surface area contributed by atoms with Gasteiger partial charge in [0.2, 0.25) is 0 Å². The van der Waals surface area contributed by atoms with Crippen LogP contribution >= 0.6 is 0 Å². The number of piperidine rings is 1. The highest BCUT2D eigenvalue weighted by atomic mass is 32.2. The van der Waals surface area contributed by atoms with E-state index in [1.54, 1.807) is 17.1 Å². The fourth-order valence-corrected chi connectivity index (χ4v) is 3.94. The van der Waals surface area contributed by atoms with E-state index in [-0.39, 0.29) is 22.5 Å². The summed E-state index contributed by atoms with van der Waals surface area (Å²) < 4.78 is 28.6. The molecule has 0 spiro atoms. The number of hydrogen-bond donors (Lipinski definition) is 1. The van der Waals surface area contributed by atoms with Crippen molar-refractivity contribution < 1.29 is 8.42 Å². The molecule has 0 radical (unpaired) electrons. The maximum Gasteiger partial charge on any atom is 0.262 e. The smallest absolute Gasteiger partial charge is 0.262 e. The molecule has 7 heteroatoms. The average Bonchev–Trinajstić information content (AvgIpc) is 2.82. The van der Waals surface area contributed by atoms with Crippen molar-refractivity contribution in [1.82, 2.24) is 13.9 Å². The van der Waals surface area contributed by atoms with Gasteiger partial charge >= 0.3 is 0 Å². The van der Waals surface area contributed by atoms with Gasteiger partial charge < -0.3 is 10.3 Å². The molecule has 2 rings (SSSR count). The third-order valence-electron chi connectivity index (χ3n) is 4.06. The highest BCUT2D eigenvalue weighted by Crippen LogP contribution is 2.30. The first-order chi connectivity index (χ1) is 9.14. The van der Waals surface area contributed by atoms with Crippen LogP contribution in [-0.2, 0) is 10.0 Å². The van der Waals surface area contributed by atoms with Crippen molar-refractivity contribution >= 4 is 10.0 Å². The van der Waals surface area contributed by atoms with Crippen LogP contribution in [0.3, 0.4) is 0 Å². The summed E-state index contributed by atoms with van der Waals surface area (Å²) in [5, 5.41) is 0.123.